The number of aryl methyl sites for hydroxylation is 3. The number of piperidine rings is 1. The van der Waals surface area contributed by atoms with E-state index in [1.54, 1.807) is 0 Å². The third-order valence-corrected chi connectivity index (χ3v) is 7.29. The van der Waals surface area contributed by atoms with E-state index < -0.39 is 12.0 Å². The van der Waals surface area contributed by atoms with E-state index in [1.807, 2.05) is 57.2 Å². The average Bonchev–Trinajstić information content (AvgIpc) is 2.87. The van der Waals surface area contributed by atoms with Crippen molar-refractivity contribution in [3.8, 4) is 0 Å². The largest absolute Gasteiger partial charge is 0.480 e. The molecule has 0 spiro atoms. The molecular weight excluding hydrogens is 482 g/mol. The van der Waals surface area contributed by atoms with Gasteiger partial charge in [0.1, 0.15) is 6.04 Å². The van der Waals surface area contributed by atoms with Crippen molar-refractivity contribution in [1.29, 1.82) is 0 Å². The molecule has 202 valence electrons. The molecule has 9 nitrogen and oxygen atoms in total. The summed E-state index contributed by atoms with van der Waals surface area (Å²) in [5.74, 6) is -0.320. The zero-order valence-corrected chi connectivity index (χ0v) is 22.3. The van der Waals surface area contributed by atoms with E-state index in [-0.39, 0.29) is 18.2 Å². The SMILES string of the molecule is Cc1cc(C)c(C(=O)NC(Cc2ccc(N3CCC(CNC4=NCCC(=O)N4)CC3)cc2)C(=O)O)c(C)c1. The topological polar surface area (TPSA) is 123 Å². The van der Waals surface area contributed by atoms with E-state index in [4.69, 9.17) is 0 Å². The average molecular weight is 520 g/mol. The van der Waals surface area contributed by atoms with Gasteiger partial charge >= 0.3 is 5.97 Å². The standard InChI is InChI=1S/C29H37N5O4/c1-18-14-19(2)26(20(3)15-18)27(36)32-24(28(37)38)16-21-4-6-23(7-5-21)34-12-9-22(10-13-34)17-31-29-30-11-8-25(35)33-29/h4-7,14-15,22,24H,8-13,16-17H2,1-3H3,(H,32,36)(H,37,38)(H2,30,31,33,35). The Morgan fingerprint density at radius 2 is 1.76 bits per heavy atom. The summed E-state index contributed by atoms with van der Waals surface area (Å²) in [6.07, 6.45) is 2.71. The number of carboxylic acids is 1. The number of hydrogen-bond donors (Lipinski definition) is 4. The second-order valence-electron chi connectivity index (χ2n) is 10.3. The number of nitrogens with zero attached hydrogens (tertiary/aromatic N) is 2. The van der Waals surface area contributed by atoms with Crippen LogP contribution in [0.1, 0.15) is 51.9 Å². The molecule has 1 atom stereocenters. The molecule has 1 saturated heterocycles. The first-order valence-corrected chi connectivity index (χ1v) is 13.2. The molecule has 0 saturated carbocycles. The van der Waals surface area contributed by atoms with Crippen LogP contribution in [0.2, 0.25) is 0 Å². The lowest BCUT2D eigenvalue weighted by Crippen LogP contribution is -2.46. The molecule has 0 aromatic heterocycles. The number of carbonyl (C=O) groups is 3. The number of aliphatic imine (C=N–C) groups is 1. The molecule has 1 fully saturated rings. The predicted octanol–water partition coefficient (Wildman–Crippen LogP) is 2.72. The van der Waals surface area contributed by atoms with Crippen LogP contribution in [0, 0.1) is 26.7 Å². The van der Waals surface area contributed by atoms with E-state index in [1.165, 1.54) is 0 Å². The predicted molar refractivity (Wildman–Crippen MR) is 148 cm³/mol. The fraction of sp³-hybridized carbons (Fsp3) is 0.448. The molecule has 0 radical (unpaired) electrons. The monoisotopic (exact) mass is 519 g/mol. The van der Waals surface area contributed by atoms with Crippen LogP contribution in [0.25, 0.3) is 0 Å². The molecule has 2 amide bonds. The van der Waals surface area contributed by atoms with Gasteiger partial charge in [0.2, 0.25) is 5.91 Å². The van der Waals surface area contributed by atoms with Crippen molar-refractivity contribution in [2.45, 2.75) is 52.5 Å². The smallest absolute Gasteiger partial charge is 0.326 e. The number of aliphatic carboxylic acids is 1. The van der Waals surface area contributed by atoms with Gasteiger partial charge in [-0.3, -0.25) is 19.9 Å². The maximum absolute atomic E-state index is 12.9. The summed E-state index contributed by atoms with van der Waals surface area (Å²) in [6.45, 7) is 8.88. The number of rotatable bonds is 8. The van der Waals surface area contributed by atoms with Crippen LogP contribution in [0.4, 0.5) is 5.69 Å². The highest BCUT2D eigenvalue weighted by molar-refractivity contribution is 5.99. The summed E-state index contributed by atoms with van der Waals surface area (Å²) < 4.78 is 0. The summed E-state index contributed by atoms with van der Waals surface area (Å²) in [7, 11) is 0. The van der Waals surface area contributed by atoms with Crippen molar-refractivity contribution in [2.75, 3.05) is 31.1 Å². The third kappa shape index (κ3) is 6.90. The van der Waals surface area contributed by atoms with Crippen LogP contribution in [-0.4, -0.2) is 61.1 Å². The molecule has 2 aliphatic rings. The molecule has 1 unspecified atom stereocenters. The van der Waals surface area contributed by atoms with E-state index in [0.29, 0.717) is 30.4 Å². The minimum atomic E-state index is -1.06. The molecule has 2 aliphatic heterocycles. The molecule has 4 rings (SSSR count). The summed E-state index contributed by atoms with van der Waals surface area (Å²) in [5.41, 5.74) is 5.23. The highest BCUT2D eigenvalue weighted by atomic mass is 16.4. The first-order valence-electron chi connectivity index (χ1n) is 13.2. The number of anilines is 1. The first-order chi connectivity index (χ1) is 18.2. The highest BCUT2D eigenvalue weighted by Crippen LogP contribution is 2.24. The molecule has 2 aromatic carbocycles. The minimum Gasteiger partial charge on any atom is -0.480 e. The second kappa shape index (κ2) is 12.1. The van der Waals surface area contributed by atoms with Gasteiger partial charge in [-0.05, 0) is 68.4 Å². The third-order valence-electron chi connectivity index (χ3n) is 7.29. The number of benzene rings is 2. The lowest BCUT2D eigenvalue weighted by molar-refractivity contribution is -0.139. The fourth-order valence-electron chi connectivity index (χ4n) is 5.29. The van der Waals surface area contributed by atoms with Gasteiger partial charge in [-0.2, -0.15) is 0 Å². The maximum Gasteiger partial charge on any atom is 0.326 e. The molecule has 0 bridgehead atoms. The van der Waals surface area contributed by atoms with E-state index >= 15 is 0 Å². The Kier molecular flexibility index (Phi) is 8.66. The lowest BCUT2D eigenvalue weighted by atomic mass is 9.96. The van der Waals surface area contributed by atoms with Gasteiger partial charge in [-0.25, -0.2) is 4.79 Å². The van der Waals surface area contributed by atoms with Crippen molar-refractivity contribution >= 4 is 29.4 Å². The Labute approximate surface area is 223 Å². The second-order valence-corrected chi connectivity index (χ2v) is 10.3. The quantitative estimate of drug-likeness (QED) is 0.425. The van der Waals surface area contributed by atoms with Gasteiger partial charge in [0.15, 0.2) is 5.96 Å². The normalized spacial score (nSPS) is 16.9. The van der Waals surface area contributed by atoms with Crippen LogP contribution in [0.5, 0.6) is 0 Å². The van der Waals surface area contributed by atoms with Gasteiger partial charge < -0.3 is 20.6 Å². The van der Waals surface area contributed by atoms with Crippen LogP contribution in [0.3, 0.4) is 0 Å². The summed E-state index contributed by atoms with van der Waals surface area (Å²) in [5, 5.41) is 18.5. The van der Waals surface area contributed by atoms with E-state index in [2.05, 4.69) is 25.8 Å². The number of hydrogen-bond acceptors (Lipinski definition) is 6. The zero-order chi connectivity index (χ0) is 27.2. The zero-order valence-electron chi connectivity index (χ0n) is 22.3. The molecule has 9 heteroatoms. The summed E-state index contributed by atoms with van der Waals surface area (Å²) in [4.78, 5) is 43.0. The van der Waals surface area contributed by atoms with E-state index in [0.717, 1.165) is 60.4 Å². The van der Waals surface area contributed by atoms with Gasteiger partial charge in [0, 0.05) is 43.7 Å². The molecule has 0 aliphatic carbocycles. The number of guanidine groups is 1. The minimum absolute atomic E-state index is 0.00860. The van der Waals surface area contributed by atoms with Gasteiger partial charge in [0.25, 0.3) is 5.91 Å². The number of carbonyl (C=O) groups excluding carboxylic acids is 2. The number of amides is 2. The molecule has 38 heavy (non-hydrogen) atoms. The fourth-order valence-corrected chi connectivity index (χ4v) is 5.29. The Hall–Kier alpha value is -3.88. The number of carboxylic acid groups (broad SMARTS) is 1. The summed E-state index contributed by atoms with van der Waals surface area (Å²) in [6, 6.07) is 10.8. The van der Waals surface area contributed by atoms with Crippen molar-refractivity contribution in [3.05, 3.63) is 64.2 Å². The maximum atomic E-state index is 12.9. The van der Waals surface area contributed by atoms with Crippen molar-refractivity contribution in [2.24, 2.45) is 10.9 Å². The van der Waals surface area contributed by atoms with Gasteiger partial charge in [0.05, 0.1) is 6.54 Å². The molecule has 2 heterocycles. The Balaban J connectivity index is 1.29. The van der Waals surface area contributed by atoms with Crippen LogP contribution >= 0.6 is 0 Å². The molecule has 4 N–H and O–H groups in total. The Bertz CT molecular complexity index is 1190. The number of nitrogens with one attached hydrogen (secondary N) is 3. The lowest BCUT2D eigenvalue weighted by Gasteiger charge is -2.34. The highest BCUT2D eigenvalue weighted by Gasteiger charge is 2.24. The van der Waals surface area contributed by atoms with Crippen molar-refractivity contribution in [1.82, 2.24) is 16.0 Å². The molecular formula is C29H37N5O4. The molecule has 2 aromatic rings. The van der Waals surface area contributed by atoms with Gasteiger partial charge in [-0.15, -0.1) is 0 Å². The van der Waals surface area contributed by atoms with Crippen LogP contribution < -0.4 is 20.9 Å². The Morgan fingerprint density at radius 1 is 1.11 bits per heavy atom. The van der Waals surface area contributed by atoms with Crippen LogP contribution in [0.15, 0.2) is 41.4 Å². The first kappa shape index (κ1) is 27.2. The van der Waals surface area contributed by atoms with Crippen LogP contribution in [-0.2, 0) is 16.0 Å². The van der Waals surface area contributed by atoms with Gasteiger partial charge in [-0.1, -0.05) is 29.8 Å². The van der Waals surface area contributed by atoms with Crippen molar-refractivity contribution in [3.63, 3.8) is 0 Å². The van der Waals surface area contributed by atoms with E-state index in [9.17, 15) is 19.5 Å². The van der Waals surface area contributed by atoms with Crippen molar-refractivity contribution < 1.29 is 19.5 Å². The summed E-state index contributed by atoms with van der Waals surface area (Å²) >= 11 is 0. The Morgan fingerprint density at radius 3 is 2.37 bits per heavy atom.